The average Bonchev–Trinajstić information content (AvgIpc) is 3.00. The van der Waals surface area contributed by atoms with E-state index in [1.54, 1.807) is 25.2 Å². The molecule has 1 saturated heterocycles. The Hall–Kier alpha value is -3.06. The number of hydrogen-bond donors (Lipinski definition) is 2. The fourth-order valence-electron chi connectivity index (χ4n) is 3.89. The summed E-state index contributed by atoms with van der Waals surface area (Å²) in [4.78, 5) is 39.5. The molecule has 2 aromatic rings. The Balaban J connectivity index is 1.84. The fourth-order valence-corrected chi connectivity index (χ4v) is 4.07. The van der Waals surface area contributed by atoms with Crippen molar-refractivity contribution in [1.82, 2.24) is 10.2 Å². The van der Waals surface area contributed by atoms with Gasteiger partial charge in [-0.3, -0.25) is 9.59 Å². The van der Waals surface area contributed by atoms with Crippen molar-refractivity contribution in [2.75, 3.05) is 26.0 Å². The Labute approximate surface area is 180 Å². The molecule has 3 amide bonds. The maximum atomic E-state index is 12.9. The molecule has 0 unspecified atom stereocenters. The zero-order chi connectivity index (χ0) is 21.9. The van der Waals surface area contributed by atoms with Gasteiger partial charge in [0, 0.05) is 30.7 Å². The average molecular weight is 430 g/mol. The second kappa shape index (κ2) is 8.75. The van der Waals surface area contributed by atoms with Crippen molar-refractivity contribution in [3.8, 4) is 0 Å². The summed E-state index contributed by atoms with van der Waals surface area (Å²) in [5.74, 6) is -0.741. The number of methoxy groups -OCH3 is 1. The number of hydrogen-bond acceptors (Lipinski definition) is 4. The van der Waals surface area contributed by atoms with Crippen molar-refractivity contribution in [3.05, 3.63) is 64.7 Å². The zero-order valence-corrected chi connectivity index (χ0v) is 17.8. The van der Waals surface area contributed by atoms with Crippen LogP contribution in [-0.4, -0.2) is 43.5 Å². The number of nitrogens with one attached hydrogen (secondary N) is 2. The Morgan fingerprint density at radius 3 is 2.57 bits per heavy atom. The van der Waals surface area contributed by atoms with Crippen LogP contribution >= 0.6 is 11.6 Å². The molecule has 1 aliphatic heterocycles. The molecule has 158 valence electrons. The second-order valence-corrected chi connectivity index (χ2v) is 7.82. The first-order valence-electron chi connectivity index (χ1n) is 9.48. The van der Waals surface area contributed by atoms with E-state index in [9.17, 15) is 14.4 Å². The van der Waals surface area contributed by atoms with Gasteiger partial charge in [0.25, 0.3) is 0 Å². The third-order valence-corrected chi connectivity index (χ3v) is 5.88. The summed E-state index contributed by atoms with van der Waals surface area (Å²) in [6.07, 6.45) is -0.0631. The highest BCUT2D eigenvalue weighted by atomic mass is 35.5. The number of aryl methyl sites for hydroxylation is 1. The molecule has 3 rings (SSSR count). The first-order chi connectivity index (χ1) is 14.3. The number of likely N-dealkylation sites (tertiary alicyclic amines) is 1. The minimum absolute atomic E-state index is 0.0631. The van der Waals surface area contributed by atoms with Gasteiger partial charge in [0.05, 0.1) is 13.2 Å². The number of rotatable bonds is 5. The number of amides is 3. The molecule has 7 nitrogen and oxygen atoms in total. The molecule has 0 aliphatic carbocycles. The molecule has 0 bridgehead atoms. The Kier molecular flexibility index (Phi) is 6.31. The smallest absolute Gasteiger partial charge is 0.319 e. The van der Waals surface area contributed by atoms with Crippen LogP contribution in [0.5, 0.6) is 0 Å². The summed E-state index contributed by atoms with van der Waals surface area (Å²) in [7, 11) is 2.93. The van der Waals surface area contributed by atoms with E-state index >= 15 is 0 Å². The van der Waals surface area contributed by atoms with Crippen molar-refractivity contribution in [3.63, 3.8) is 0 Å². The number of benzene rings is 2. The second-order valence-electron chi connectivity index (χ2n) is 7.41. The van der Waals surface area contributed by atoms with Crippen LogP contribution in [0.3, 0.4) is 0 Å². The number of ether oxygens (including phenoxy) is 1. The van der Waals surface area contributed by atoms with Gasteiger partial charge >= 0.3 is 12.0 Å². The first kappa shape index (κ1) is 21.6. The molecule has 2 aromatic carbocycles. The Morgan fingerprint density at radius 1 is 1.23 bits per heavy atom. The number of halogens is 1. The van der Waals surface area contributed by atoms with Crippen LogP contribution < -0.4 is 10.6 Å². The number of carbonyl (C=O) groups excluding carboxylic acids is 3. The molecule has 1 aliphatic rings. The number of urea groups is 1. The van der Waals surface area contributed by atoms with E-state index in [1.807, 2.05) is 37.3 Å². The number of esters is 1. The minimum atomic E-state index is -1.25. The molecule has 30 heavy (non-hydrogen) atoms. The number of anilines is 1. The van der Waals surface area contributed by atoms with Crippen molar-refractivity contribution in [2.24, 2.45) is 5.41 Å². The SMILES string of the molecule is COC(=O)[C@]1(CNC(=O)Nc2ccc(C)c(Cl)c2)CC(=O)N(C)[C@@H]1c1ccccc1. The summed E-state index contributed by atoms with van der Waals surface area (Å²) < 4.78 is 5.06. The molecule has 2 atom stereocenters. The van der Waals surface area contributed by atoms with Crippen LogP contribution in [0.4, 0.5) is 10.5 Å². The van der Waals surface area contributed by atoms with E-state index in [-0.39, 0.29) is 18.9 Å². The van der Waals surface area contributed by atoms with E-state index in [4.69, 9.17) is 16.3 Å². The lowest BCUT2D eigenvalue weighted by atomic mass is 9.76. The summed E-state index contributed by atoms with van der Waals surface area (Å²) in [5.41, 5.74) is 0.966. The normalized spacial score (nSPS) is 20.7. The van der Waals surface area contributed by atoms with Crippen molar-refractivity contribution < 1.29 is 19.1 Å². The molecule has 0 radical (unpaired) electrons. The maximum Gasteiger partial charge on any atom is 0.319 e. The zero-order valence-electron chi connectivity index (χ0n) is 17.1. The minimum Gasteiger partial charge on any atom is -0.468 e. The molecule has 0 spiro atoms. The summed E-state index contributed by atoms with van der Waals surface area (Å²) in [6.45, 7) is 1.80. The van der Waals surface area contributed by atoms with Crippen molar-refractivity contribution >= 4 is 35.2 Å². The van der Waals surface area contributed by atoms with Gasteiger partial charge in [-0.2, -0.15) is 0 Å². The van der Waals surface area contributed by atoms with Crippen LogP contribution in [0.2, 0.25) is 5.02 Å². The van der Waals surface area contributed by atoms with Crippen LogP contribution in [0, 0.1) is 12.3 Å². The lowest BCUT2D eigenvalue weighted by molar-refractivity contribution is -0.154. The molecule has 0 saturated carbocycles. The van der Waals surface area contributed by atoms with Gasteiger partial charge in [-0.1, -0.05) is 48.0 Å². The molecule has 2 N–H and O–H groups in total. The van der Waals surface area contributed by atoms with Gasteiger partial charge in [-0.25, -0.2) is 4.79 Å². The molecular weight excluding hydrogens is 406 g/mol. The van der Waals surface area contributed by atoms with E-state index in [1.165, 1.54) is 12.0 Å². The quantitative estimate of drug-likeness (QED) is 0.711. The Morgan fingerprint density at radius 2 is 1.93 bits per heavy atom. The van der Waals surface area contributed by atoms with E-state index < -0.39 is 23.5 Å². The van der Waals surface area contributed by atoms with Gasteiger partial charge in [-0.15, -0.1) is 0 Å². The van der Waals surface area contributed by atoms with Crippen LogP contribution in [0.1, 0.15) is 23.6 Å². The number of carbonyl (C=O) groups is 3. The largest absolute Gasteiger partial charge is 0.468 e. The van der Waals surface area contributed by atoms with Crippen LogP contribution in [0.15, 0.2) is 48.5 Å². The molecule has 1 fully saturated rings. The van der Waals surface area contributed by atoms with Gasteiger partial charge in [0.2, 0.25) is 5.91 Å². The first-order valence-corrected chi connectivity index (χ1v) is 9.86. The number of nitrogens with zero attached hydrogens (tertiary/aromatic N) is 1. The predicted octanol–water partition coefficient (Wildman–Crippen LogP) is 3.53. The highest BCUT2D eigenvalue weighted by Crippen LogP contribution is 2.47. The topological polar surface area (TPSA) is 87.7 Å². The van der Waals surface area contributed by atoms with Gasteiger partial charge in [-0.05, 0) is 30.2 Å². The summed E-state index contributed by atoms with van der Waals surface area (Å²) in [6, 6.07) is 13.4. The van der Waals surface area contributed by atoms with Gasteiger partial charge in [0.15, 0.2) is 0 Å². The lowest BCUT2D eigenvalue weighted by Gasteiger charge is -2.34. The van der Waals surface area contributed by atoms with Crippen molar-refractivity contribution in [2.45, 2.75) is 19.4 Å². The van der Waals surface area contributed by atoms with Gasteiger partial charge < -0.3 is 20.3 Å². The highest BCUT2D eigenvalue weighted by Gasteiger charge is 2.57. The maximum absolute atomic E-state index is 12.9. The molecule has 8 heteroatoms. The van der Waals surface area contributed by atoms with Crippen molar-refractivity contribution in [1.29, 1.82) is 0 Å². The fraction of sp³-hybridized carbons (Fsp3) is 0.318. The van der Waals surface area contributed by atoms with E-state index in [0.29, 0.717) is 10.7 Å². The van der Waals surface area contributed by atoms with Gasteiger partial charge in [0.1, 0.15) is 5.41 Å². The standard InChI is InChI=1S/C22H24ClN3O4/c1-14-9-10-16(11-17(14)23)25-21(29)24-13-22(20(28)30-3)12-18(27)26(2)19(22)15-7-5-4-6-8-15/h4-11,19H,12-13H2,1-3H3,(H2,24,25,29)/t19-,22+/m1/s1. The molecule has 1 heterocycles. The summed E-state index contributed by atoms with van der Waals surface area (Å²) in [5, 5.41) is 5.96. The Bertz CT molecular complexity index is 966. The lowest BCUT2D eigenvalue weighted by Crippen LogP contribution is -2.48. The van der Waals surface area contributed by atoms with E-state index in [0.717, 1.165) is 11.1 Å². The molecule has 0 aromatic heterocycles. The molecular formula is C22H24ClN3O4. The van der Waals surface area contributed by atoms with Crippen LogP contribution in [-0.2, 0) is 14.3 Å². The highest BCUT2D eigenvalue weighted by molar-refractivity contribution is 6.31. The summed E-state index contributed by atoms with van der Waals surface area (Å²) >= 11 is 6.10. The third-order valence-electron chi connectivity index (χ3n) is 5.47. The van der Waals surface area contributed by atoms with E-state index in [2.05, 4.69) is 10.6 Å². The van der Waals surface area contributed by atoms with Crippen LogP contribution in [0.25, 0.3) is 0 Å². The monoisotopic (exact) mass is 429 g/mol. The third kappa shape index (κ3) is 4.11. The predicted molar refractivity (Wildman–Crippen MR) is 114 cm³/mol.